The van der Waals surface area contributed by atoms with Gasteiger partial charge in [-0.25, -0.2) is 4.79 Å². The van der Waals surface area contributed by atoms with Gasteiger partial charge < -0.3 is 24.8 Å². The Morgan fingerprint density at radius 2 is 1.85 bits per heavy atom. The van der Waals surface area contributed by atoms with Gasteiger partial charge in [-0.1, -0.05) is 81.3 Å². The predicted molar refractivity (Wildman–Crippen MR) is 159 cm³/mol. The van der Waals surface area contributed by atoms with Gasteiger partial charge in [0.05, 0.1) is 13.2 Å². The molecule has 40 heavy (non-hydrogen) atoms. The van der Waals surface area contributed by atoms with E-state index in [2.05, 4.69) is 10.6 Å². The summed E-state index contributed by atoms with van der Waals surface area (Å²) < 4.78 is 15.8. The first-order chi connectivity index (χ1) is 18.8. The number of nitrogens with one attached hydrogen (secondary N) is 2. The normalized spacial score (nSPS) is 19.4. The van der Waals surface area contributed by atoms with Crippen LogP contribution in [0.3, 0.4) is 0 Å². The molecule has 1 aliphatic rings. The molecule has 0 aromatic carbocycles. The quantitative estimate of drug-likeness (QED) is 0.158. The molecule has 222 valence electrons. The van der Waals surface area contributed by atoms with Gasteiger partial charge in [-0.3, -0.25) is 9.59 Å². The van der Waals surface area contributed by atoms with E-state index in [1.807, 2.05) is 65.8 Å². The van der Waals surface area contributed by atoms with Gasteiger partial charge >= 0.3 is 5.97 Å². The largest absolute Gasteiger partial charge is 0.490 e. The topological polar surface area (TPSA) is 103 Å². The molecule has 0 radical (unpaired) electrons. The zero-order valence-electron chi connectivity index (χ0n) is 25.0. The van der Waals surface area contributed by atoms with E-state index < -0.39 is 17.4 Å². The van der Waals surface area contributed by atoms with Crippen LogP contribution < -0.4 is 10.6 Å². The molecule has 0 saturated heterocycles. The standard InChI is InChI=1S/C31H45ClN2O6/c1-21(20-22(2)25-17-18-26(39-8)30(37)40-25)12-9-10-14-27(35)34-28(31(4,5)6)29(36)33-19-11-13-24(38-7)16-15-23(3)32/h9-12,14-15,18-20,22,24-25,28H,13,16-17H2,1-8H3,(H,33,36)(H,34,35)/b12-9-,14-10-,19-11-,21-20+,23-15+/t22-,24+,25-,28?/m0/s1. The number of methoxy groups -OCH3 is 2. The number of amides is 2. The molecule has 0 aliphatic carbocycles. The summed E-state index contributed by atoms with van der Waals surface area (Å²) in [5.74, 6) is -0.906. The van der Waals surface area contributed by atoms with Gasteiger partial charge in [0.25, 0.3) is 0 Å². The number of hydrogen-bond donors (Lipinski definition) is 2. The average Bonchev–Trinajstić information content (AvgIpc) is 2.88. The number of carbonyl (C=O) groups excluding carboxylic acids is 3. The number of halogens is 1. The molecule has 8 nitrogen and oxygen atoms in total. The lowest BCUT2D eigenvalue weighted by atomic mass is 9.86. The van der Waals surface area contributed by atoms with Gasteiger partial charge in [-0.15, -0.1) is 0 Å². The van der Waals surface area contributed by atoms with Gasteiger partial charge in [-0.05, 0) is 44.4 Å². The van der Waals surface area contributed by atoms with Crippen LogP contribution in [-0.4, -0.2) is 50.3 Å². The highest BCUT2D eigenvalue weighted by Gasteiger charge is 2.32. The Morgan fingerprint density at radius 1 is 1.18 bits per heavy atom. The minimum atomic E-state index is -0.744. The smallest absolute Gasteiger partial charge is 0.373 e. The zero-order chi connectivity index (χ0) is 30.3. The van der Waals surface area contributed by atoms with E-state index >= 15 is 0 Å². The van der Waals surface area contributed by atoms with Gasteiger partial charge in [-0.2, -0.15) is 0 Å². The van der Waals surface area contributed by atoms with E-state index in [1.165, 1.54) is 13.2 Å². The molecule has 0 aromatic heterocycles. The van der Waals surface area contributed by atoms with Crippen LogP contribution in [0.4, 0.5) is 0 Å². The Labute approximate surface area is 244 Å². The maximum absolute atomic E-state index is 12.8. The molecule has 0 spiro atoms. The summed E-state index contributed by atoms with van der Waals surface area (Å²) in [6, 6.07) is -0.744. The second-order valence-electron chi connectivity index (χ2n) is 10.8. The highest BCUT2D eigenvalue weighted by molar-refractivity contribution is 6.29. The number of ether oxygens (including phenoxy) is 3. The van der Waals surface area contributed by atoms with Crippen molar-refractivity contribution >= 4 is 29.4 Å². The predicted octanol–water partition coefficient (Wildman–Crippen LogP) is 5.63. The third-order valence-electron chi connectivity index (χ3n) is 6.20. The maximum atomic E-state index is 12.8. The van der Waals surface area contributed by atoms with Crippen LogP contribution in [0.25, 0.3) is 0 Å². The molecular formula is C31H45ClN2O6. The molecule has 2 amide bonds. The summed E-state index contributed by atoms with van der Waals surface area (Å²) in [5.41, 5.74) is 0.449. The lowest BCUT2D eigenvalue weighted by Crippen LogP contribution is -2.52. The summed E-state index contributed by atoms with van der Waals surface area (Å²) in [7, 11) is 3.07. The highest BCUT2D eigenvalue weighted by Crippen LogP contribution is 2.23. The average molecular weight is 577 g/mol. The van der Waals surface area contributed by atoms with Crippen molar-refractivity contribution in [2.45, 2.75) is 79.1 Å². The summed E-state index contributed by atoms with van der Waals surface area (Å²) in [6.45, 7) is 11.4. The highest BCUT2D eigenvalue weighted by atomic mass is 35.5. The second-order valence-corrected chi connectivity index (χ2v) is 11.4. The van der Waals surface area contributed by atoms with Crippen molar-refractivity contribution in [3.63, 3.8) is 0 Å². The number of esters is 1. The van der Waals surface area contributed by atoms with Crippen LogP contribution in [-0.2, 0) is 28.6 Å². The van der Waals surface area contributed by atoms with Crippen LogP contribution in [0, 0.1) is 11.3 Å². The fourth-order valence-corrected chi connectivity index (χ4v) is 3.95. The SMILES string of the molecule is COC1=CC[C@@H]([C@@H](C)/C=C(C)/C=C\C=C/C(=O)NC(C(=O)N/C=C\C[C@H](C/C=C(\C)Cl)OC)C(C)(C)C)OC1=O. The lowest BCUT2D eigenvalue weighted by Gasteiger charge is -2.29. The number of carbonyl (C=O) groups is 3. The third kappa shape index (κ3) is 13.3. The minimum Gasteiger partial charge on any atom is -0.490 e. The third-order valence-corrected chi connectivity index (χ3v) is 6.35. The summed E-state index contributed by atoms with van der Waals surface area (Å²) in [5, 5.41) is 6.26. The van der Waals surface area contributed by atoms with Crippen molar-refractivity contribution < 1.29 is 28.6 Å². The summed E-state index contributed by atoms with van der Waals surface area (Å²) >= 11 is 5.88. The molecule has 0 saturated carbocycles. The zero-order valence-corrected chi connectivity index (χ0v) is 25.7. The Kier molecular flexibility index (Phi) is 15.3. The summed E-state index contributed by atoms with van der Waals surface area (Å²) in [4.78, 5) is 37.3. The molecule has 0 aromatic rings. The number of allylic oxidation sites excluding steroid dienone is 5. The molecule has 0 fully saturated rings. The van der Waals surface area contributed by atoms with Crippen LogP contribution >= 0.6 is 11.6 Å². The van der Waals surface area contributed by atoms with Crippen molar-refractivity contribution in [3.8, 4) is 0 Å². The Hall–Kier alpha value is -3.10. The lowest BCUT2D eigenvalue weighted by molar-refractivity contribution is -0.151. The van der Waals surface area contributed by atoms with Crippen LogP contribution in [0.1, 0.15) is 60.8 Å². The molecule has 1 rings (SSSR count). The van der Waals surface area contributed by atoms with Crippen molar-refractivity contribution in [2.24, 2.45) is 11.3 Å². The number of cyclic esters (lactones) is 1. The molecule has 1 heterocycles. The number of rotatable bonds is 14. The second kappa shape index (κ2) is 17.6. The fourth-order valence-electron chi connectivity index (χ4n) is 3.86. The van der Waals surface area contributed by atoms with Crippen molar-refractivity contribution in [1.82, 2.24) is 10.6 Å². The monoisotopic (exact) mass is 576 g/mol. The van der Waals surface area contributed by atoms with E-state index in [9.17, 15) is 14.4 Å². The Bertz CT molecular complexity index is 1040. The van der Waals surface area contributed by atoms with Gasteiger partial charge in [0.15, 0.2) is 5.76 Å². The fraction of sp³-hybridized carbons (Fsp3) is 0.516. The Balaban J connectivity index is 2.66. The van der Waals surface area contributed by atoms with Crippen LogP contribution in [0.2, 0.25) is 0 Å². The van der Waals surface area contributed by atoms with Gasteiger partial charge in [0.1, 0.15) is 12.1 Å². The molecule has 4 atom stereocenters. The van der Waals surface area contributed by atoms with Crippen LogP contribution in [0.5, 0.6) is 0 Å². The molecule has 0 bridgehead atoms. The van der Waals surface area contributed by atoms with Gasteiger partial charge in [0, 0.05) is 30.6 Å². The van der Waals surface area contributed by atoms with E-state index in [0.717, 1.165) is 5.57 Å². The minimum absolute atomic E-state index is 0.00250. The summed E-state index contributed by atoms with van der Waals surface area (Å²) in [6.07, 6.45) is 17.2. The number of hydrogen-bond acceptors (Lipinski definition) is 6. The van der Waals surface area contributed by atoms with Crippen LogP contribution in [0.15, 0.2) is 71.2 Å². The van der Waals surface area contributed by atoms with Crippen molar-refractivity contribution in [3.05, 3.63) is 71.2 Å². The van der Waals surface area contributed by atoms with E-state index in [0.29, 0.717) is 24.3 Å². The Morgan fingerprint density at radius 3 is 2.42 bits per heavy atom. The molecular weight excluding hydrogens is 532 g/mol. The first-order valence-electron chi connectivity index (χ1n) is 13.4. The van der Waals surface area contributed by atoms with Crippen molar-refractivity contribution in [1.29, 1.82) is 0 Å². The van der Waals surface area contributed by atoms with E-state index in [-0.39, 0.29) is 35.7 Å². The molecule has 1 unspecified atom stereocenters. The van der Waals surface area contributed by atoms with E-state index in [1.54, 1.807) is 31.5 Å². The first kappa shape index (κ1) is 34.9. The first-order valence-corrected chi connectivity index (χ1v) is 13.8. The molecule has 2 N–H and O–H groups in total. The van der Waals surface area contributed by atoms with Gasteiger partial charge in [0.2, 0.25) is 11.8 Å². The maximum Gasteiger partial charge on any atom is 0.373 e. The van der Waals surface area contributed by atoms with E-state index in [4.69, 9.17) is 25.8 Å². The molecule has 1 aliphatic heterocycles. The molecule has 9 heteroatoms. The van der Waals surface area contributed by atoms with Crippen molar-refractivity contribution in [2.75, 3.05) is 14.2 Å².